The molecule has 8 nitrogen and oxygen atoms in total. The van der Waals surface area contributed by atoms with Crippen LogP contribution >= 0.6 is 11.3 Å². The maximum atomic E-state index is 12.4. The molecule has 1 N–H and O–H groups in total. The van der Waals surface area contributed by atoms with Crippen molar-refractivity contribution in [2.24, 2.45) is 5.92 Å². The summed E-state index contributed by atoms with van der Waals surface area (Å²) in [5.41, 5.74) is 0.586. The Morgan fingerprint density at radius 1 is 1.42 bits per heavy atom. The molecule has 0 aliphatic carbocycles. The average Bonchev–Trinajstić information content (AvgIpc) is 3.35. The summed E-state index contributed by atoms with van der Waals surface area (Å²) in [6, 6.07) is 3.77. The van der Waals surface area contributed by atoms with Gasteiger partial charge in [-0.1, -0.05) is 5.16 Å². The summed E-state index contributed by atoms with van der Waals surface area (Å²) in [6.07, 6.45) is 7.44. The molecule has 134 valence electrons. The third-order valence-electron chi connectivity index (χ3n) is 4.28. The molecule has 0 radical (unpaired) electrons. The molecule has 0 spiro atoms. The number of aromatic nitrogens is 4. The maximum Gasteiger partial charge on any atom is 0.322 e. The van der Waals surface area contributed by atoms with Crippen LogP contribution in [0.25, 0.3) is 11.5 Å². The van der Waals surface area contributed by atoms with Crippen LogP contribution in [0.2, 0.25) is 0 Å². The molecule has 1 fully saturated rings. The summed E-state index contributed by atoms with van der Waals surface area (Å²) in [5.74, 6) is 1.31. The number of hydrogen-bond donors (Lipinski definition) is 1. The zero-order valence-electron chi connectivity index (χ0n) is 14.0. The summed E-state index contributed by atoms with van der Waals surface area (Å²) < 4.78 is 5.36. The van der Waals surface area contributed by atoms with E-state index in [2.05, 4.69) is 25.4 Å². The Hall–Kier alpha value is -2.81. The molecule has 4 heterocycles. The highest BCUT2D eigenvalue weighted by molar-refractivity contribution is 7.14. The lowest BCUT2D eigenvalue weighted by molar-refractivity contribution is 0.173. The molecule has 3 aromatic rings. The Bertz CT molecular complexity index is 851. The highest BCUT2D eigenvalue weighted by Gasteiger charge is 2.26. The van der Waals surface area contributed by atoms with Crippen LogP contribution < -0.4 is 5.32 Å². The van der Waals surface area contributed by atoms with E-state index in [1.807, 2.05) is 22.4 Å². The van der Waals surface area contributed by atoms with Gasteiger partial charge < -0.3 is 9.42 Å². The second-order valence-electron chi connectivity index (χ2n) is 6.17. The molecule has 1 aliphatic rings. The number of rotatable bonds is 4. The Balaban J connectivity index is 1.36. The van der Waals surface area contributed by atoms with E-state index in [4.69, 9.17) is 4.52 Å². The third kappa shape index (κ3) is 3.88. The average molecular weight is 370 g/mol. The molecular weight excluding hydrogens is 352 g/mol. The van der Waals surface area contributed by atoms with Crippen LogP contribution in [0.1, 0.15) is 18.7 Å². The normalized spacial score (nSPS) is 17.2. The summed E-state index contributed by atoms with van der Waals surface area (Å²) in [5, 5.41) is 9.72. The minimum absolute atomic E-state index is 0.0528. The lowest BCUT2D eigenvalue weighted by atomic mass is 9.95. The highest BCUT2D eigenvalue weighted by Crippen LogP contribution is 2.23. The Labute approximate surface area is 154 Å². The molecule has 9 heteroatoms. The molecule has 1 unspecified atom stereocenters. The fourth-order valence-corrected chi connectivity index (χ4v) is 3.66. The van der Waals surface area contributed by atoms with Gasteiger partial charge in [0.2, 0.25) is 11.7 Å². The molecule has 1 aliphatic heterocycles. The molecule has 0 aromatic carbocycles. The number of nitrogens with zero attached hydrogens (tertiary/aromatic N) is 5. The SMILES string of the molecule is O=C(Nc1cccs1)N1CCCC(Cc2nc(-c3cnccn3)no2)C1. The molecule has 3 aromatic heterocycles. The van der Waals surface area contributed by atoms with Gasteiger partial charge in [-0.05, 0) is 36.3 Å². The number of carbonyl (C=O) groups is 1. The van der Waals surface area contributed by atoms with E-state index in [1.54, 1.807) is 18.6 Å². The second-order valence-corrected chi connectivity index (χ2v) is 7.12. The van der Waals surface area contributed by atoms with Crippen molar-refractivity contribution in [3.8, 4) is 11.5 Å². The lowest BCUT2D eigenvalue weighted by Gasteiger charge is -2.32. The number of urea groups is 1. The first-order valence-electron chi connectivity index (χ1n) is 8.46. The van der Waals surface area contributed by atoms with Gasteiger partial charge in [-0.3, -0.25) is 10.3 Å². The number of hydrogen-bond acceptors (Lipinski definition) is 7. The zero-order chi connectivity index (χ0) is 17.8. The first-order valence-corrected chi connectivity index (χ1v) is 9.34. The minimum Gasteiger partial charge on any atom is -0.339 e. The van der Waals surface area contributed by atoms with Crippen LogP contribution in [-0.4, -0.2) is 44.1 Å². The van der Waals surface area contributed by atoms with Gasteiger partial charge in [-0.2, -0.15) is 4.98 Å². The summed E-state index contributed by atoms with van der Waals surface area (Å²) in [7, 11) is 0. The van der Waals surface area contributed by atoms with Crippen molar-refractivity contribution in [2.45, 2.75) is 19.3 Å². The number of thiophene rings is 1. The van der Waals surface area contributed by atoms with Crippen molar-refractivity contribution >= 4 is 22.4 Å². The van der Waals surface area contributed by atoms with E-state index in [0.29, 0.717) is 36.3 Å². The maximum absolute atomic E-state index is 12.4. The van der Waals surface area contributed by atoms with Gasteiger partial charge in [-0.15, -0.1) is 11.3 Å². The predicted octanol–water partition coefficient (Wildman–Crippen LogP) is 3.07. The highest BCUT2D eigenvalue weighted by atomic mass is 32.1. The van der Waals surface area contributed by atoms with E-state index in [1.165, 1.54) is 11.3 Å². The topological polar surface area (TPSA) is 97.0 Å². The van der Waals surface area contributed by atoms with E-state index >= 15 is 0 Å². The summed E-state index contributed by atoms with van der Waals surface area (Å²) >= 11 is 1.52. The zero-order valence-corrected chi connectivity index (χ0v) is 14.9. The van der Waals surface area contributed by atoms with E-state index in [-0.39, 0.29) is 6.03 Å². The number of anilines is 1. The molecule has 1 atom stereocenters. The van der Waals surface area contributed by atoms with Crippen molar-refractivity contribution in [3.63, 3.8) is 0 Å². The van der Waals surface area contributed by atoms with Crippen LogP contribution in [-0.2, 0) is 6.42 Å². The number of likely N-dealkylation sites (tertiary alicyclic amines) is 1. The quantitative estimate of drug-likeness (QED) is 0.758. The second kappa shape index (κ2) is 7.61. The number of nitrogens with one attached hydrogen (secondary N) is 1. The van der Waals surface area contributed by atoms with E-state index in [9.17, 15) is 4.79 Å². The largest absolute Gasteiger partial charge is 0.339 e. The third-order valence-corrected chi connectivity index (χ3v) is 5.07. The van der Waals surface area contributed by atoms with Gasteiger partial charge in [0.1, 0.15) is 5.69 Å². The van der Waals surface area contributed by atoms with Crippen LogP contribution in [0.4, 0.5) is 9.80 Å². The van der Waals surface area contributed by atoms with Crippen LogP contribution in [0, 0.1) is 5.92 Å². The first kappa shape index (κ1) is 16.6. The van der Waals surface area contributed by atoms with Gasteiger partial charge in [-0.25, -0.2) is 9.78 Å². The van der Waals surface area contributed by atoms with E-state index < -0.39 is 0 Å². The monoisotopic (exact) mass is 370 g/mol. The van der Waals surface area contributed by atoms with Crippen LogP contribution in [0.3, 0.4) is 0 Å². The lowest BCUT2D eigenvalue weighted by Crippen LogP contribution is -2.42. The molecule has 0 saturated carbocycles. The van der Waals surface area contributed by atoms with Gasteiger partial charge in [0.15, 0.2) is 0 Å². The number of amides is 2. The summed E-state index contributed by atoms with van der Waals surface area (Å²) in [6.45, 7) is 1.45. The molecule has 0 bridgehead atoms. The van der Waals surface area contributed by atoms with Gasteiger partial charge >= 0.3 is 6.03 Å². The molecular formula is C17H18N6O2S. The van der Waals surface area contributed by atoms with Gasteiger partial charge in [0.25, 0.3) is 0 Å². The van der Waals surface area contributed by atoms with Crippen molar-refractivity contribution in [1.29, 1.82) is 0 Å². The van der Waals surface area contributed by atoms with Gasteiger partial charge in [0.05, 0.1) is 11.2 Å². The molecule has 1 saturated heterocycles. The Kier molecular flexibility index (Phi) is 4.87. The van der Waals surface area contributed by atoms with Crippen molar-refractivity contribution in [3.05, 3.63) is 42.0 Å². The standard InChI is InChI=1S/C17H18N6O2S/c24-17(21-15-4-2-8-26-15)23-7-1-3-12(11-23)9-14-20-16(22-25-14)13-10-18-5-6-19-13/h2,4-6,8,10,12H,1,3,7,9,11H2,(H,21,24). The van der Waals surface area contributed by atoms with Crippen molar-refractivity contribution in [2.75, 3.05) is 18.4 Å². The number of carbonyl (C=O) groups excluding carboxylic acids is 1. The Morgan fingerprint density at radius 2 is 2.38 bits per heavy atom. The Morgan fingerprint density at radius 3 is 3.19 bits per heavy atom. The van der Waals surface area contributed by atoms with Crippen LogP contribution in [0.5, 0.6) is 0 Å². The molecule has 4 rings (SSSR count). The van der Waals surface area contributed by atoms with E-state index in [0.717, 1.165) is 24.4 Å². The molecule has 2 amide bonds. The summed E-state index contributed by atoms with van der Waals surface area (Å²) in [4.78, 5) is 26.9. The molecule has 26 heavy (non-hydrogen) atoms. The van der Waals surface area contributed by atoms with Gasteiger partial charge in [0, 0.05) is 31.9 Å². The fraction of sp³-hybridized carbons (Fsp3) is 0.353. The number of piperidine rings is 1. The van der Waals surface area contributed by atoms with Crippen molar-refractivity contribution < 1.29 is 9.32 Å². The van der Waals surface area contributed by atoms with Crippen LogP contribution in [0.15, 0.2) is 40.6 Å². The fourth-order valence-electron chi connectivity index (χ4n) is 3.05. The smallest absolute Gasteiger partial charge is 0.322 e. The minimum atomic E-state index is -0.0528. The first-order chi connectivity index (χ1) is 12.8. The van der Waals surface area contributed by atoms with Crippen molar-refractivity contribution in [1.82, 2.24) is 25.0 Å². The predicted molar refractivity (Wildman–Crippen MR) is 96.7 cm³/mol.